The van der Waals surface area contributed by atoms with Crippen molar-refractivity contribution < 1.29 is 14.3 Å². The van der Waals surface area contributed by atoms with Crippen LogP contribution >= 0.6 is 0 Å². The lowest BCUT2D eigenvalue weighted by molar-refractivity contribution is 0.0521. The molecular weight excluding hydrogens is 246 g/mol. The number of carbonyl (C=O) groups excluding carboxylic acids is 1. The Bertz CT molecular complexity index is 466. The van der Waals surface area contributed by atoms with E-state index in [1.54, 1.807) is 13.1 Å². The van der Waals surface area contributed by atoms with Crippen LogP contribution in [0.3, 0.4) is 0 Å². The van der Waals surface area contributed by atoms with Crippen molar-refractivity contribution in [3.05, 3.63) is 11.8 Å². The zero-order chi connectivity index (χ0) is 13.2. The number of fused-ring (bicyclic) bond motifs is 1. The molecule has 3 rings (SSSR count). The van der Waals surface area contributed by atoms with Crippen LogP contribution < -0.4 is 5.32 Å². The summed E-state index contributed by atoms with van der Waals surface area (Å²) in [4.78, 5) is 11.9. The fourth-order valence-electron chi connectivity index (χ4n) is 2.86. The minimum Gasteiger partial charge on any atom is -0.462 e. The Morgan fingerprint density at radius 3 is 3.26 bits per heavy atom. The van der Waals surface area contributed by atoms with Crippen molar-refractivity contribution >= 4 is 11.8 Å². The van der Waals surface area contributed by atoms with Gasteiger partial charge >= 0.3 is 5.97 Å². The van der Waals surface area contributed by atoms with Gasteiger partial charge in [0.05, 0.1) is 24.9 Å². The van der Waals surface area contributed by atoms with Crippen LogP contribution in [0.1, 0.15) is 42.6 Å². The second-order valence-corrected chi connectivity index (χ2v) is 4.91. The standard InChI is InChI=1S/C13H19N3O3/c1-2-18-13(17)9-8-15-16-10(5-6-14-12(9)16)11-4-3-7-19-11/h8,10-11,14H,2-7H2,1H3. The van der Waals surface area contributed by atoms with Crippen molar-refractivity contribution in [1.29, 1.82) is 0 Å². The molecule has 104 valence electrons. The fourth-order valence-corrected chi connectivity index (χ4v) is 2.86. The van der Waals surface area contributed by atoms with Gasteiger partial charge in [-0.05, 0) is 26.2 Å². The molecule has 6 nitrogen and oxygen atoms in total. The summed E-state index contributed by atoms with van der Waals surface area (Å²) in [5.41, 5.74) is 0.518. The van der Waals surface area contributed by atoms with Crippen LogP contribution in [-0.4, -0.2) is 41.6 Å². The SMILES string of the molecule is CCOC(=O)c1cnn2c1NCCC2C1CCCO1. The lowest BCUT2D eigenvalue weighted by Crippen LogP contribution is -2.32. The second kappa shape index (κ2) is 5.21. The van der Waals surface area contributed by atoms with Crippen LogP contribution in [0.5, 0.6) is 0 Å². The summed E-state index contributed by atoms with van der Waals surface area (Å²) in [5, 5.41) is 7.61. The molecule has 0 spiro atoms. The smallest absolute Gasteiger partial charge is 0.343 e. The number of hydrogen-bond donors (Lipinski definition) is 1. The zero-order valence-corrected chi connectivity index (χ0v) is 11.1. The maximum Gasteiger partial charge on any atom is 0.343 e. The molecule has 1 aromatic heterocycles. The van der Waals surface area contributed by atoms with Crippen LogP contribution in [0.2, 0.25) is 0 Å². The van der Waals surface area contributed by atoms with Gasteiger partial charge in [0.15, 0.2) is 0 Å². The Kier molecular flexibility index (Phi) is 3.42. The molecule has 2 unspecified atom stereocenters. The van der Waals surface area contributed by atoms with Crippen molar-refractivity contribution in [1.82, 2.24) is 9.78 Å². The van der Waals surface area contributed by atoms with Crippen molar-refractivity contribution in [2.45, 2.75) is 38.3 Å². The maximum absolute atomic E-state index is 11.9. The van der Waals surface area contributed by atoms with E-state index in [9.17, 15) is 4.79 Å². The predicted molar refractivity (Wildman–Crippen MR) is 69.3 cm³/mol. The quantitative estimate of drug-likeness (QED) is 0.841. The molecule has 1 N–H and O–H groups in total. The predicted octanol–water partition coefficient (Wildman–Crippen LogP) is 1.60. The van der Waals surface area contributed by atoms with Gasteiger partial charge in [-0.25, -0.2) is 9.48 Å². The van der Waals surface area contributed by atoms with Gasteiger partial charge in [0.1, 0.15) is 11.4 Å². The summed E-state index contributed by atoms with van der Waals surface area (Å²) in [6, 6.07) is 0.224. The Morgan fingerprint density at radius 1 is 1.63 bits per heavy atom. The van der Waals surface area contributed by atoms with E-state index < -0.39 is 0 Å². The highest BCUT2D eigenvalue weighted by Crippen LogP contribution is 2.33. The molecule has 0 bridgehead atoms. The van der Waals surface area contributed by atoms with E-state index >= 15 is 0 Å². The van der Waals surface area contributed by atoms with E-state index in [0.29, 0.717) is 12.2 Å². The number of anilines is 1. The Balaban J connectivity index is 1.87. The van der Waals surface area contributed by atoms with Gasteiger partial charge in [-0.2, -0.15) is 5.10 Å². The first kappa shape index (κ1) is 12.5. The van der Waals surface area contributed by atoms with E-state index in [1.807, 2.05) is 4.68 Å². The highest BCUT2D eigenvalue weighted by Gasteiger charge is 2.33. The third-order valence-corrected chi connectivity index (χ3v) is 3.73. The molecule has 0 aromatic carbocycles. The molecule has 0 saturated carbocycles. The summed E-state index contributed by atoms with van der Waals surface area (Å²) in [5.74, 6) is 0.453. The summed E-state index contributed by atoms with van der Waals surface area (Å²) in [7, 11) is 0. The first-order valence-corrected chi connectivity index (χ1v) is 6.91. The van der Waals surface area contributed by atoms with Crippen LogP contribution in [0.4, 0.5) is 5.82 Å². The third-order valence-electron chi connectivity index (χ3n) is 3.73. The van der Waals surface area contributed by atoms with E-state index in [-0.39, 0.29) is 18.1 Å². The Hall–Kier alpha value is -1.56. The van der Waals surface area contributed by atoms with E-state index in [0.717, 1.165) is 38.2 Å². The summed E-state index contributed by atoms with van der Waals surface area (Å²) < 4.78 is 12.7. The number of ether oxygens (including phenoxy) is 2. The third kappa shape index (κ3) is 2.20. The Morgan fingerprint density at radius 2 is 2.53 bits per heavy atom. The first-order chi connectivity index (χ1) is 9.31. The summed E-state index contributed by atoms with van der Waals surface area (Å²) in [6.07, 6.45) is 4.96. The molecule has 2 atom stereocenters. The fraction of sp³-hybridized carbons (Fsp3) is 0.692. The van der Waals surface area contributed by atoms with E-state index in [4.69, 9.17) is 9.47 Å². The minimum absolute atomic E-state index is 0.218. The average molecular weight is 265 g/mol. The molecular formula is C13H19N3O3. The van der Waals surface area contributed by atoms with E-state index in [2.05, 4.69) is 10.4 Å². The van der Waals surface area contributed by atoms with Crippen LogP contribution in [0.15, 0.2) is 6.20 Å². The minimum atomic E-state index is -0.316. The van der Waals surface area contributed by atoms with Crippen LogP contribution in [-0.2, 0) is 9.47 Å². The molecule has 1 saturated heterocycles. The molecule has 2 aliphatic rings. The lowest BCUT2D eigenvalue weighted by atomic mass is 10.0. The summed E-state index contributed by atoms with van der Waals surface area (Å²) >= 11 is 0. The van der Waals surface area contributed by atoms with Crippen molar-refractivity contribution in [3.63, 3.8) is 0 Å². The number of rotatable bonds is 3. The molecule has 0 radical (unpaired) electrons. The van der Waals surface area contributed by atoms with E-state index in [1.165, 1.54) is 0 Å². The number of nitrogens with one attached hydrogen (secondary N) is 1. The number of aromatic nitrogens is 2. The van der Waals surface area contributed by atoms with Gasteiger partial charge < -0.3 is 14.8 Å². The molecule has 0 amide bonds. The van der Waals surface area contributed by atoms with Crippen molar-refractivity contribution in [2.75, 3.05) is 25.1 Å². The highest BCUT2D eigenvalue weighted by molar-refractivity contribution is 5.94. The van der Waals surface area contributed by atoms with Crippen LogP contribution in [0.25, 0.3) is 0 Å². The second-order valence-electron chi connectivity index (χ2n) is 4.91. The molecule has 19 heavy (non-hydrogen) atoms. The topological polar surface area (TPSA) is 65.4 Å². The normalized spacial score (nSPS) is 25.7. The van der Waals surface area contributed by atoms with Gasteiger partial charge in [0, 0.05) is 13.2 Å². The molecule has 2 aliphatic heterocycles. The monoisotopic (exact) mass is 265 g/mol. The van der Waals surface area contributed by atoms with Gasteiger partial charge in [-0.3, -0.25) is 0 Å². The van der Waals surface area contributed by atoms with Gasteiger partial charge in [0.25, 0.3) is 0 Å². The molecule has 0 aliphatic carbocycles. The van der Waals surface area contributed by atoms with Gasteiger partial charge in [-0.1, -0.05) is 0 Å². The van der Waals surface area contributed by atoms with Gasteiger partial charge in [-0.15, -0.1) is 0 Å². The zero-order valence-electron chi connectivity index (χ0n) is 11.1. The number of carbonyl (C=O) groups is 1. The lowest BCUT2D eigenvalue weighted by Gasteiger charge is -2.29. The highest BCUT2D eigenvalue weighted by atomic mass is 16.5. The molecule has 1 aromatic rings. The van der Waals surface area contributed by atoms with Crippen LogP contribution in [0, 0.1) is 0 Å². The number of esters is 1. The summed E-state index contributed by atoms with van der Waals surface area (Å²) in [6.45, 7) is 3.84. The number of hydrogen-bond acceptors (Lipinski definition) is 5. The molecule has 1 fully saturated rings. The number of nitrogens with zero attached hydrogens (tertiary/aromatic N) is 2. The Labute approximate surface area is 112 Å². The largest absolute Gasteiger partial charge is 0.462 e. The average Bonchev–Trinajstić information content (AvgIpc) is 3.08. The van der Waals surface area contributed by atoms with Crippen molar-refractivity contribution in [3.8, 4) is 0 Å². The van der Waals surface area contributed by atoms with Crippen molar-refractivity contribution in [2.24, 2.45) is 0 Å². The maximum atomic E-state index is 11.9. The molecule has 3 heterocycles. The first-order valence-electron chi connectivity index (χ1n) is 6.91. The van der Waals surface area contributed by atoms with Gasteiger partial charge in [0.2, 0.25) is 0 Å². The molecule has 6 heteroatoms.